The van der Waals surface area contributed by atoms with Crippen LogP contribution in [0, 0.1) is 17.5 Å². The fraction of sp³-hybridized carbons (Fsp3) is 0.562. The van der Waals surface area contributed by atoms with E-state index in [2.05, 4.69) is 10.6 Å². The normalized spacial score (nSPS) is 12.8. The molecule has 4 nitrogen and oxygen atoms in total. The van der Waals surface area contributed by atoms with Crippen molar-refractivity contribution < 1.29 is 22.7 Å². The first kappa shape index (κ1) is 19.3. The van der Waals surface area contributed by atoms with Crippen LogP contribution in [-0.2, 0) is 11.3 Å². The Kier molecular flexibility index (Phi) is 6.87. The summed E-state index contributed by atoms with van der Waals surface area (Å²) in [6, 6.07) is 1.21. The molecule has 130 valence electrons. The molecule has 1 amide bonds. The van der Waals surface area contributed by atoms with Crippen LogP contribution >= 0.6 is 0 Å². The lowest BCUT2D eigenvalue weighted by atomic mass is 10.2. The molecular formula is C16H23F3N2O2. The molecule has 0 saturated heterocycles. The lowest BCUT2D eigenvalue weighted by Crippen LogP contribution is -2.38. The number of nitrogens with one attached hydrogen (secondary N) is 2. The zero-order valence-corrected chi connectivity index (χ0v) is 13.8. The van der Waals surface area contributed by atoms with Crippen LogP contribution in [0.25, 0.3) is 0 Å². The maximum atomic E-state index is 13.4. The predicted octanol–water partition coefficient (Wildman–Crippen LogP) is 3.50. The number of halogens is 3. The summed E-state index contributed by atoms with van der Waals surface area (Å²) in [6.45, 7) is 7.67. The second-order valence-electron chi connectivity index (χ2n) is 6.37. The molecule has 2 N–H and O–H groups in total. The van der Waals surface area contributed by atoms with E-state index >= 15 is 0 Å². The highest BCUT2D eigenvalue weighted by molar-refractivity contribution is 5.67. The van der Waals surface area contributed by atoms with Crippen molar-refractivity contribution in [3.63, 3.8) is 0 Å². The Morgan fingerprint density at radius 3 is 2.39 bits per heavy atom. The van der Waals surface area contributed by atoms with Gasteiger partial charge in [0, 0.05) is 24.2 Å². The van der Waals surface area contributed by atoms with Gasteiger partial charge in [-0.1, -0.05) is 0 Å². The fourth-order valence-corrected chi connectivity index (χ4v) is 1.82. The van der Waals surface area contributed by atoms with Crippen LogP contribution in [0.4, 0.5) is 18.0 Å². The van der Waals surface area contributed by atoms with E-state index in [1.807, 2.05) is 6.92 Å². The van der Waals surface area contributed by atoms with Crippen LogP contribution in [0.3, 0.4) is 0 Å². The quantitative estimate of drug-likeness (QED) is 0.619. The second-order valence-corrected chi connectivity index (χ2v) is 6.37. The first-order valence-corrected chi connectivity index (χ1v) is 7.42. The Morgan fingerprint density at radius 2 is 1.78 bits per heavy atom. The van der Waals surface area contributed by atoms with Crippen molar-refractivity contribution >= 4 is 6.09 Å². The molecule has 0 radical (unpaired) electrons. The standard InChI is InChI=1S/C16H23F3N2O2/c1-10(21-15(22)23-16(2,3)4)5-6-20-9-11-7-13(18)14(19)8-12(11)17/h7-8,10,20H,5-6,9H2,1-4H3,(H,21,22). The lowest BCUT2D eigenvalue weighted by Gasteiger charge is -2.22. The predicted molar refractivity (Wildman–Crippen MR) is 81.5 cm³/mol. The van der Waals surface area contributed by atoms with E-state index in [4.69, 9.17) is 4.74 Å². The average molecular weight is 332 g/mol. The van der Waals surface area contributed by atoms with Gasteiger partial charge in [0.1, 0.15) is 11.4 Å². The lowest BCUT2D eigenvalue weighted by molar-refractivity contribution is 0.0506. The van der Waals surface area contributed by atoms with Crippen molar-refractivity contribution in [2.45, 2.75) is 52.3 Å². The molecule has 1 aromatic carbocycles. The minimum atomic E-state index is -1.21. The highest BCUT2D eigenvalue weighted by Crippen LogP contribution is 2.13. The molecule has 0 spiro atoms. The number of alkyl carbamates (subject to hydrolysis) is 1. The van der Waals surface area contributed by atoms with Gasteiger partial charge in [-0.25, -0.2) is 18.0 Å². The fourth-order valence-electron chi connectivity index (χ4n) is 1.82. The Bertz CT molecular complexity index is 545. The van der Waals surface area contributed by atoms with E-state index in [1.165, 1.54) is 0 Å². The first-order valence-electron chi connectivity index (χ1n) is 7.42. The highest BCUT2D eigenvalue weighted by atomic mass is 19.2. The summed E-state index contributed by atoms with van der Waals surface area (Å²) in [6.07, 6.45) is 0.0708. The molecule has 0 bridgehead atoms. The maximum absolute atomic E-state index is 13.4. The van der Waals surface area contributed by atoms with Gasteiger partial charge in [0.05, 0.1) is 0 Å². The number of carbonyl (C=O) groups excluding carboxylic acids is 1. The molecule has 0 aliphatic heterocycles. The summed E-state index contributed by atoms with van der Waals surface area (Å²) in [5.74, 6) is -3.08. The Morgan fingerprint density at radius 1 is 1.17 bits per heavy atom. The van der Waals surface area contributed by atoms with Crippen molar-refractivity contribution in [2.24, 2.45) is 0 Å². The van der Waals surface area contributed by atoms with Crippen LogP contribution in [0.1, 0.15) is 39.7 Å². The molecule has 1 rings (SSSR count). The summed E-state index contributed by atoms with van der Waals surface area (Å²) in [5, 5.41) is 5.60. The Labute approximate surface area is 134 Å². The van der Waals surface area contributed by atoms with Crippen molar-refractivity contribution in [3.05, 3.63) is 35.1 Å². The van der Waals surface area contributed by atoms with E-state index in [0.717, 1.165) is 6.07 Å². The Hall–Kier alpha value is -1.76. The van der Waals surface area contributed by atoms with Gasteiger partial charge in [-0.2, -0.15) is 0 Å². The van der Waals surface area contributed by atoms with Crippen LogP contribution in [0.2, 0.25) is 0 Å². The molecular weight excluding hydrogens is 309 g/mol. The third-order valence-corrected chi connectivity index (χ3v) is 2.92. The van der Waals surface area contributed by atoms with E-state index in [-0.39, 0.29) is 18.2 Å². The molecule has 0 heterocycles. The number of carbonyl (C=O) groups is 1. The minimum absolute atomic E-state index is 0.0525. The van der Waals surface area contributed by atoms with Gasteiger partial charge >= 0.3 is 6.09 Å². The van der Waals surface area contributed by atoms with Gasteiger partial charge in [0.25, 0.3) is 0 Å². The van der Waals surface area contributed by atoms with Gasteiger partial charge in [0.2, 0.25) is 0 Å². The molecule has 0 aliphatic carbocycles. The van der Waals surface area contributed by atoms with Crippen molar-refractivity contribution in [3.8, 4) is 0 Å². The number of hydrogen-bond acceptors (Lipinski definition) is 3. The van der Waals surface area contributed by atoms with Gasteiger partial charge < -0.3 is 15.4 Å². The molecule has 0 saturated carbocycles. The first-order chi connectivity index (χ1) is 10.6. The van der Waals surface area contributed by atoms with Gasteiger partial charge in [0.15, 0.2) is 11.6 Å². The van der Waals surface area contributed by atoms with Gasteiger partial charge in [-0.15, -0.1) is 0 Å². The zero-order valence-electron chi connectivity index (χ0n) is 13.8. The number of benzene rings is 1. The maximum Gasteiger partial charge on any atom is 0.407 e. The molecule has 23 heavy (non-hydrogen) atoms. The van der Waals surface area contributed by atoms with E-state index < -0.39 is 29.1 Å². The largest absolute Gasteiger partial charge is 0.444 e. The number of rotatable bonds is 6. The van der Waals surface area contributed by atoms with E-state index in [1.54, 1.807) is 20.8 Å². The second kappa shape index (κ2) is 8.19. The number of ether oxygens (including phenoxy) is 1. The topological polar surface area (TPSA) is 50.4 Å². The molecule has 0 aliphatic rings. The molecule has 1 unspecified atom stereocenters. The molecule has 0 aromatic heterocycles. The SMILES string of the molecule is CC(CCNCc1cc(F)c(F)cc1F)NC(=O)OC(C)(C)C. The van der Waals surface area contributed by atoms with Gasteiger partial charge in [-0.05, 0) is 46.7 Å². The number of hydrogen-bond donors (Lipinski definition) is 2. The minimum Gasteiger partial charge on any atom is -0.444 e. The van der Waals surface area contributed by atoms with Crippen LogP contribution in [0.5, 0.6) is 0 Å². The smallest absolute Gasteiger partial charge is 0.407 e. The highest BCUT2D eigenvalue weighted by Gasteiger charge is 2.17. The molecule has 7 heteroatoms. The third-order valence-electron chi connectivity index (χ3n) is 2.92. The summed E-state index contributed by atoms with van der Waals surface area (Å²) in [5.41, 5.74) is -0.511. The zero-order chi connectivity index (χ0) is 17.6. The van der Waals surface area contributed by atoms with Crippen LogP contribution in [0.15, 0.2) is 12.1 Å². The van der Waals surface area contributed by atoms with E-state index in [9.17, 15) is 18.0 Å². The van der Waals surface area contributed by atoms with Crippen LogP contribution < -0.4 is 10.6 Å². The molecule has 0 fully saturated rings. The number of amides is 1. The summed E-state index contributed by atoms with van der Waals surface area (Å²) < 4.78 is 44.4. The molecule has 1 atom stereocenters. The van der Waals surface area contributed by atoms with Crippen molar-refractivity contribution in [2.75, 3.05) is 6.54 Å². The average Bonchev–Trinajstić information content (AvgIpc) is 2.37. The van der Waals surface area contributed by atoms with Crippen molar-refractivity contribution in [1.82, 2.24) is 10.6 Å². The Balaban J connectivity index is 2.32. The summed E-state index contributed by atoms with van der Waals surface area (Å²) in [7, 11) is 0. The molecule has 1 aromatic rings. The van der Waals surface area contributed by atoms with Crippen molar-refractivity contribution in [1.29, 1.82) is 0 Å². The van der Waals surface area contributed by atoms with E-state index in [0.29, 0.717) is 19.0 Å². The third kappa shape index (κ3) is 7.36. The van der Waals surface area contributed by atoms with Gasteiger partial charge in [-0.3, -0.25) is 0 Å². The summed E-state index contributed by atoms with van der Waals surface area (Å²) in [4.78, 5) is 11.6. The van der Waals surface area contributed by atoms with Crippen LogP contribution in [-0.4, -0.2) is 24.3 Å². The summed E-state index contributed by atoms with van der Waals surface area (Å²) >= 11 is 0. The monoisotopic (exact) mass is 332 g/mol.